The van der Waals surface area contributed by atoms with Crippen LogP contribution in [0.1, 0.15) is 32.6 Å². The van der Waals surface area contributed by atoms with Crippen LogP contribution < -0.4 is 10.6 Å². The molecule has 3 aliphatic heterocycles. The molecule has 3 heterocycles. The number of nitrogens with zero attached hydrogens (tertiary/aromatic N) is 1. The fourth-order valence-electron chi connectivity index (χ4n) is 3.49. The minimum atomic E-state index is -0.262. The van der Waals surface area contributed by atoms with Gasteiger partial charge in [0.05, 0.1) is 4.87 Å². The number of hydrogen-bond acceptors (Lipinski definition) is 4. The zero-order chi connectivity index (χ0) is 14.2. The first-order chi connectivity index (χ1) is 9.60. The van der Waals surface area contributed by atoms with Gasteiger partial charge < -0.3 is 15.5 Å². The van der Waals surface area contributed by atoms with Crippen molar-refractivity contribution < 1.29 is 9.59 Å². The van der Waals surface area contributed by atoms with E-state index in [1.54, 1.807) is 11.8 Å². The van der Waals surface area contributed by atoms with Crippen molar-refractivity contribution in [2.24, 2.45) is 5.92 Å². The molecule has 5 nitrogen and oxygen atoms in total. The molecule has 0 aromatic rings. The molecular weight excluding hydrogens is 274 g/mol. The predicted molar refractivity (Wildman–Crippen MR) is 79.3 cm³/mol. The summed E-state index contributed by atoms with van der Waals surface area (Å²) in [5.74, 6) is 1.59. The average molecular weight is 297 g/mol. The smallest absolute Gasteiger partial charge is 0.243 e. The summed E-state index contributed by atoms with van der Waals surface area (Å²) in [7, 11) is 0. The Morgan fingerprint density at radius 1 is 1.60 bits per heavy atom. The van der Waals surface area contributed by atoms with Crippen LogP contribution in [0.2, 0.25) is 0 Å². The summed E-state index contributed by atoms with van der Waals surface area (Å²) in [6.07, 6.45) is 3.69. The molecule has 3 saturated heterocycles. The van der Waals surface area contributed by atoms with Crippen LogP contribution in [0.25, 0.3) is 0 Å². The van der Waals surface area contributed by atoms with Crippen molar-refractivity contribution >= 4 is 23.6 Å². The summed E-state index contributed by atoms with van der Waals surface area (Å²) < 4.78 is 0. The highest BCUT2D eigenvalue weighted by Gasteiger charge is 2.52. The maximum absolute atomic E-state index is 12.3. The quantitative estimate of drug-likeness (QED) is 0.796. The van der Waals surface area contributed by atoms with Crippen molar-refractivity contribution in [2.45, 2.75) is 43.5 Å². The Bertz CT molecular complexity index is 411. The van der Waals surface area contributed by atoms with Crippen molar-refractivity contribution in [3.05, 3.63) is 0 Å². The molecule has 3 atom stereocenters. The van der Waals surface area contributed by atoms with Gasteiger partial charge in [0.25, 0.3) is 0 Å². The summed E-state index contributed by atoms with van der Waals surface area (Å²) in [5, 5.41) is 6.37. The van der Waals surface area contributed by atoms with Crippen LogP contribution in [-0.4, -0.2) is 53.0 Å². The molecule has 0 aromatic carbocycles. The Kier molecular flexibility index (Phi) is 3.95. The molecule has 3 unspecified atom stereocenters. The van der Waals surface area contributed by atoms with Gasteiger partial charge in [-0.3, -0.25) is 9.59 Å². The highest BCUT2D eigenvalue weighted by Crippen LogP contribution is 2.47. The summed E-state index contributed by atoms with van der Waals surface area (Å²) in [6.45, 7) is 4.97. The van der Waals surface area contributed by atoms with E-state index in [1.165, 1.54) is 6.42 Å². The first kappa shape index (κ1) is 14.2. The lowest BCUT2D eigenvalue weighted by Gasteiger charge is -2.29. The molecule has 3 fully saturated rings. The van der Waals surface area contributed by atoms with Crippen LogP contribution in [0.15, 0.2) is 0 Å². The maximum atomic E-state index is 12.3. The molecule has 112 valence electrons. The molecule has 2 N–H and O–H groups in total. The Morgan fingerprint density at radius 2 is 2.45 bits per heavy atom. The molecule has 3 aliphatic rings. The van der Waals surface area contributed by atoms with Gasteiger partial charge in [-0.2, -0.15) is 0 Å². The lowest BCUT2D eigenvalue weighted by Crippen LogP contribution is -2.50. The van der Waals surface area contributed by atoms with Gasteiger partial charge in [0.2, 0.25) is 11.8 Å². The van der Waals surface area contributed by atoms with Crippen molar-refractivity contribution in [3.8, 4) is 0 Å². The van der Waals surface area contributed by atoms with Gasteiger partial charge in [-0.05, 0) is 45.2 Å². The van der Waals surface area contributed by atoms with Crippen molar-refractivity contribution in [1.29, 1.82) is 0 Å². The predicted octanol–water partition coefficient (Wildman–Crippen LogP) is 0.556. The van der Waals surface area contributed by atoms with E-state index in [-0.39, 0.29) is 22.7 Å². The summed E-state index contributed by atoms with van der Waals surface area (Å²) in [4.78, 5) is 26.0. The van der Waals surface area contributed by atoms with E-state index in [0.29, 0.717) is 12.3 Å². The first-order valence-electron chi connectivity index (χ1n) is 7.55. The average Bonchev–Trinajstić information content (AvgIpc) is 3.09. The lowest BCUT2D eigenvalue weighted by molar-refractivity contribution is -0.137. The van der Waals surface area contributed by atoms with E-state index in [9.17, 15) is 9.59 Å². The van der Waals surface area contributed by atoms with E-state index < -0.39 is 0 Å². The third-order valence-corrected chi connectivity index (χ3v) is 6.27. The molecular formula is C14H23N3O2S. The fourth-order valence-corrected chi connectivity index (χ4v) is 4.92. The third kappa shape index (κ3) is 2.55. The van der Waals surface area contributed by atoms with Gasteiger partial charge >= 0.3 is 0 Å². The van der Waals surface area contributed by atoms with Gasteiger partial charge in [-0.15, -0.1) is 11.8 Å². The Hall–Kier alpha value is -0.750. The number of carbonyl (C=O) groups excluding carboxylic acids is 2. The minimum absolute atomic E-state index is 0.0300. The van der Waals surface area contributed by atoms with Gasteiger partial charge in [-0.25, -0.2) is 0 Å². The second-order valence-corrected chi connectivity index (χ2v) is 7.71. The molecule has 6 heteroatoms. The minimum Gasteiger partial charge on any atom is -0.354 e. The standard InChI is InChI=1S/C14H23N3O2S/c1-14-5-2-12(18)17(14)11(9-20-14)13(19)16-7-4-10-3-6-15-8-10/h10-11,15H,2-9H2,1H3,(H,16,19). The molecule has 3 rings (SSSR count). The number of carbonyl (C=O) groups is 2. The molecule has 20 heavy (non-hydrogen) atoms. The molecule has 0 aliphatic carbocycles. The number of rotatable bonds is 4. The Morgan fingerprint density at radius 3 is 3.20 bits per heavy atom. The Labute approximate surface area is 124 Å². The SMILES string of the molecule is CC12CCC(=O)N1C(C(=O)NCCC1CCNC1)CS2. The van der Waals surface area contributed by atoms with Crippen molar-refractivity contribution in [1.82, 2.24) is 15.5 Å². The number of thioether (sulfide) groups is 1. The number of amides is 2. The van der Waals surface area contributed by atoms with Crippen molar-refractivity contribution in [3.63, 3.8) is 0 Å². The third-order valence-electron chi connectivity index (χ3n) is 4.76. The highest BCUT2D eigenvalue weighted by molar-refractivity contribution is 8.01. The molecule has 0 spiro atoms. The van der Waals surface area contributed by atoms with Gasteiger partial charge in [0, 0.05) is 18.7 Å². The summed E-state index contributed by atoms with van der Waals surface area (Å²) >= 11 is 1.75. The summed E-state index contributed by atoms with van der Waals surface area (Å²) in [6, 6.07) is -0.262. The lowest BCUT2D eigenvalue weighted by atomic mass is 10.1. The largest absolute Gasteiger partial charge is 0.354 e. The molecule has 2 amide bonds. The van der Waals surface area contributed by atoms with E-state index in [0.717, 1.165) is 38.2 Å². The van der Waals surface area contributed by atoms with Crippen molar-refractivity contribution in [2.75, 3.05) is 25.4 Å². The van der Waals surface area contributed by atoms with Gasteiger partial charge in [0.1, 0.15) is 6.04 Å². The zero-order valence-corrected chi connectivity index (χ0v) is 12.8. The van der Waals surface area contributed by atoms with Gasteiger partial charge in [-0.1, -0.05) is 0 Å². The van der Waals surface area contributed by atoms with E-state index in [4.69, 9.17) is 0 Å². The molecule has 0 aromatic heterocycles. The molecule has 0 bridgehead atoms. The van der Waals surface area contributed by atoms with Crippen LogP contribution in [0.4, 0.5) is 0 Å². The van der Waals surface area contributed by atoms with Crippen LogP contribution in [0, 0.1) is 5.92 Å². The number of hydrogen-bond donors (Lipinski definition) is 2. The maximum Gasteiger partial charge on any atom is 0.243 e. The Balaban J connectivity index is 1.51. The highest BCUT2D eigenvalue weighted by atomic mass is 32.2. The van der Waals surface area contributed by atoms with E-state index in [1.807, 2.05) is 4.90 Å². The topological polar surface area (TPSA) is 61.4 Å². The van der Waals surface area contributed by atoms with Crippen LogP contribution in [0.3, 0.4) is 0 Å². The van der Waals surface area contributed by atoms with E-state index in [2.05, 4.69) is 17.6 Å². The van der Waals surface area contributed by atoms with Crippen LogP contribution in [-0.2, 0) is 9.59 Å². The molecule has 0 saturated carbocycles. The van der Waals surface area contributed by atoms with E-state index >= 15 is 0 Å². The normalized spacial score (nSPS) is 36.5. The monoisotopic (exact) mass is 297 g/mol. The fraction of sp³-hybridized carbons (Fsp3) is 0.857. The second-order valence-electron chi connectivity index (χ2n) is 6.20. The number of fused-ring (bicyclic) bond motifs is 1. The van der Waals surface area contributed by atoms with Gasteiger partial charge in [0.15, 0.2) is 0 Å². The summed E-state index contributed by atoms with van der Waals surface area (Å²) in [5.41, 5.74) is 0. The zero-order valence-electron chi connectivity index (χ0n) is 12.0. The van der Waals surface area contributed by atoms with Crippen LogP contribution >= 0.6 is 11.8 Å². The first-order valence-corrected chi connectivity index (χ1v) is 8.53. The molecule has 0 radical (unpaired) electrons. The second kappa shape index (κ2) is 5.56. The number of nitrogens with one attached hydrogen (secondary N) is 2. The van der Waals surface area contributed by atoms with Crippen LogP contribution in [0.5, 0.6) is 0 Å².